The van der Waals surface area contributed by atoms with Gasteiger partial charge in [0.2, 0.25) is 0 Å². The maximum absolute atomic E-state index is 13.2. The van der Waals surface area contributed by atoms with E-state index in [0.717, 1.165) is 0 Å². The van der Waals surface area contributed by atoms with Gasteiger partial charge in [-0.25, -0.2) is 13.9 Å². The Morgan fingerprint density at radius 2 is 1.91 bits per heavy atom. The number of hydrogen-bond donors (Lipinski definition) is 0. The zero-order valence-electron chi connectivity index (χ0n) is 18.0. The summed E-state index contributed by atoms with van der Waals surface area (Å²) in [6.07, 6.45) is -0.352. The van der Waals surface area contributed by atoms with Gasteiger partial charge in [0.15, 0.2) is 24.2 Å². The monoisotopic (exact) mass is 473 g/mol. The van der Waals surface area contributed by atoms with Crippen molar-refractivity contribution >= 4 is 23.5 Å². The van der Waals surface area contributed by atoms with Gasteiger partial charge in [-0.15, -0.1) is 0 Å². The van der Waals surface area contributed by atoms with Crippen molar-refractivity contribution in [1.29, 1.82) is 0 Å². The van der Waals surface area contributed by atoms with Gasteiger partial charge in [-0.1, -0.05) is 23.7 Å². The van der Waals surface area contributed by atoms with Crippen molar-refractivity contribution in [3.63, 3.8) is 0 Å². The number of halogens is 2. The van der Waals surface area contributed by atoms with E-state index < -0.39 is 24.3 Å². The van der Waals surface area contributed by atoms with Crippen LogP contribution in [0.1, 0.15) is 16.1 Å². The second-order valence-corrected chi connectivity index (χ2v) is 7.85. The zero-order chi connectivity index (χ0) is 23.5. The van der Waals surface area contributed by atoms with E-state index in [2.05, 4.69) is 5.10 Å². The summed E-state index contributed by atoms with van der Waals surface area (Å²) in [7, 11) is 1.59. The lowest BCUT2D eigenvalue weighted by Crippen LogP contribution is -2.43. The van der Waals surface area contributed by atoms with Crippen molar-refractivity contribution < 1.29 is 28.2 Å². The molecular weight excluding hydrogens is 453 g/mol. The van der Waals surface area contributed by atoms with Crippen molar-refractivity contribution in [3.8, 4) is 17.2 Å². The van der Waals surface area contributed by atoms with Gasteiger partial charge in [0.25, 0.3) is 5.91 Å². The molecule has 1 aromatic heterocycles. The van der Waals surface area contributed by atoms with E-state index in [4.69, 9.17) is 25.8 Å². The number of rotatable bonds is 6. The number of amides is 1. The standard InChI is InChI=1S/C23H21ClFN3O5/c1-14-21(22(24)28(26-14)16-9-7-15(25)8-10-16)23(30)32-13-20(29)27(2)11-17-12-31-18-5-3-4-6-19(18)33-17/h3-10,17H,11-13H2,1-2H3. The van der Waals surface area contributed by atoms with Crippen LogP contribution in [0.2, 0.25) is 5.15 Å². The molecule has 0 aliphatic carbocycles. The summed E-state index contributed by atoms with van der Waals surface area (Å²) in [5.74, 6) is -0.325. The fourth-order valence-corrected chi connectivity index (χ4v) is 3.70. The number of aromatic nitrogens is 2. The minimum atomic E-state index is -0.779. The molecule has 0 N–H and O–H groups in total. The number of fused-ring (bicyclic) bond motifs is 1. The summed E-state index contributed by atoms with van der Waals surface area (Å²) >= 11 is 6.33. The Morgan fingerprint density at radius 1 is 1.21 bits per heavy atom. The molecule has 1 aliphatic heterocycles. The lowest BCUT2D eigenvalue weighted by atomic mass is 10.2. The molecule has 8 nitrogen and oxygen atoms in total. The second-order valence-electron chi connectivity index (χ2n) is 7.49. The van der Waals surface area contributed by atoms with Gasteiger partial charge >= 0.3 is 5.97 Å². The minimum Gasteiger partial charge on any atom is -0.486 e. The summed E-state index contributed by atoms with van der Waals surface area (Å²) in [6, 6.07) is 12.8. The van der Waals surface area contributed by atoms with Gasteiger partial charge in [-0.3, -0.25) is 4.79 Å². The third-order valence-corrected chi connectivity index (χ3v) is 5.43. The molecule has 0 spiro atoms. The topological polar surface area (TPSA) is 82.9 Å². The minimum absolute atomic E-state index is 0.0105. The first-order valence-corrected chi connectivity index (χ1v) is 10.5. The Morgan fingerprint density at radius 3 is 2.64 bits per heavy atom. The third kappa shape index (κ3) is 4.93. The molecule has 2 aromatic carbocycles. The number of nitrogens with zero attached hydrogens (tertiary/aromatic N) is 3. The van der Waals surface area contributed by atoms with Gasteiger partial charge in [0.05, 0.1) is 17.9 Å². The molecule has 33 heavy (non-hydrogen) atoms. The molecule has 3 aromatic rings. The fourth-order valence-electron chi connectivity index (χ4n) is 3.35. The molecule has 0 saturated heterocycles. The van der Waals surface area contributed by atoms with Gasteiger partial charge in [0, 0.05) is 7.05 Å². The number of para-hydroxylation sites is 2. The van der Waals surface area contributed by atoms with E-state index in [1.165, 1.54) is 33.8 Å². The largest absolute Gasteiger partial charge is 0.486 e. The molecule has 172 valence electrons. The third-order valence-electron chi connectivity index (χ3n) is 5.08. The van der Waals surface area contributed by atoms with Crippen molar-refractivity contribution in [2.24, 2.45) is 0 Å². The highest BCUT2D eigenvalue weighted by Crippen LogP contribution is 2.31. The Balaban J connectivity index is 1.35. The van der Waals surface area contributed by atoms with Crippen LogP contribution in [-0.2, 0) is 9.53 Å². The van der Waals surface area contributed by atoms with E-state index in [0.29, 0.717) is 29.5 Å². The number of hydrogen-bond acceptors (Lipinski definition) is 6. The van der Waals surface area contributed by atoms with Gasteiger partial charge < -0.3 is 19.1 Å². The predicted octanol–water partition coefficient (Wildman–Crippen LogP) is 3.43. The van der Waals surface area contributed by atoms with Crippen LogP contribution in [0.4, 0.5) is 4.39 Å². The number of esters is 1. The lowest BCUT2D eigenvalue weighted by Gasteiger charge is -2.29. The molecule has 10 heteroatoms. The summed E-state index contributed by atoms with van der Waals surface area (Å²) in [4.78, 5) is 26.5. The normalized spacial score (nSPS) is 14.6. The first-order chi connectivity index (χ1) is 15.8. The summed E-state index contributed by atoms with van der Waals surface area (Å²) in [6.45, 7) is 1.67. The van der Waals surface area contributed by atoms with E-state index in [1.807, 2.05) is 18.2 Å². The van der Waals surface area contributed by atoms with Crippen LogP contribution >= 0.6 is 11.6 Å². The average molecular weight is 474 g/mol. The Labute approximate surface area is 194 Å². The van der Waals surface area contributed by atoms with Crippen LogP contribution in [0.3, 0.4) is 0 Å². The SMILES string of the molecule is Cc1nn(-c2ccc(F)cc2)c(Cl)c1C(=O)OCC(=O)N(C)CC1COc2ccccc2O1. The van der Waals surface area contributed by atoms with Crippen LogP contribution < -0.4 is 9.47 Å². The molecule has 2 heterocycles. The molecule has 4 rings (SSSR count). The first-order valence-electron chi connectivity index (χ1n) is 10.1. The fraction of sp³-hybridized carbons (Fsp3) is 0.261. The van der Waals surface area contributed by atoms with Crippen molar-refractivity contribution in [1.82, 2.24) is 14.7 Å². The molecule has 1 unspecified atom stereocenters. The highest BCUT2D eigenvalue weighted by molar-refractivity contribution is 6.33. The van der Waals surface area contributed by atoms with E-state index in [9.17, 15) is 14.0 Å². The van der Waals surface area contributed by atoms with Crippen LogP contribution in [0.15, 0.2) is 48.5 Å². The van der Waals surface area contributed by atoms with Crippen molar-refractivity contribution in [2.75, 3.05) is 26.8 Å². The summed E-state index contributed by atoms with van der Waals surface area (Å²) in [5, 5.41) is 4.24. The maximum Gasteiger partial charge on any atom is 0.343 e. The number of carbonyl (C=O) groups excluding carboxylic acids is 2. The maximum atomic E-state index is 13.2. The smallest absolute Gasteiger partial charge is 0.343 e. The number of ether oxygens (including phenoxy) is 3. The quantitative estimate of drug-likeness (QED) is 0.510. The zero-order valence-corrected chi connectivity index (χ0v) is 18.7. The highest BCUT2D eigenvalue weighted by Gasteiger charge is 2.26. The molecule has 0 saturated carbocycles. The van der Waals surface area contributed by atoms with E-state index in [-0.39, 0.29) is 23.4 Å². The molecule has 0 bridgehead atoms. The highest BCUT2D eigenvalue weighted by atomic mass is 35.5. The summed E-state index contributed by atoms with van der Waals surface area (Å²) in [5.41, 5.74) is 0.842. The molecule has 1 atom stereocenters. The Hall–Kier alpha value is -3.59. The second kappa shape index (κ2) is 9.50. The number of aryl methyl sites for hydroxylation is 1. The first kappa shape index (κ1) is 22.6. The van der Waals surface area contributed by atoms with Gasteiger partial charge in [-0.05, 0) is 43.3 Å². The lowest BCUT2D eigenvalue weighted by molar-refractivity contribution is -0.134. The van der Waals surface area contributed by atoms with E-state index in [1.54, 1.807) is 20.0 Å². The number of likely N-dealkylation sites (N-methyl/N-ethyl adjacent to an activating group) is 1. The molecule has 0 fully saturated rings. The Bertz CT molecular complexity index is 1180. The van der Waals surface area contributed by atoms with E-state index >= 15 is 0 Å². The average Bonchev–Trinajstić information content (AvgIpc) is 3.11. The molecule has 0 radical (unpaired) electrons. The van der Waals surface area contributed by atoms with Crippen molar-refractivity contribution in [2.45, 2.75) is 13.0 Å². The molecular formula is C23H21ClFN3O5. The summed E-state index contributed by atoms with van der Waals surface area (Å²) < 4.78 is 31.2. The van der Waals surface area contributed by atoms with Crippen LogP contribution in [0.5, 0.6) is 11.5 Å². The van der Waals surface area contributed by atoms with Crippen LogP contribution in [0, 0.1) is 12.7 Å². The molecule has 1 amide bonds. The van der Waals surface area contributed by atoms with Gasteiger partial charge in [0.1, 0.15) is 23.1 Å². The van der Waals surface area contributed by atoms with Crippen LogP contribution in [0.25, 0.3) is 5.69 Å². The van der Waals surface area contributed by atoms with Crippen molar-refractivity contribution in [3.05, 3.63) is 70.8 Å². The van der Waals surface area contributed by atoms with Gasteiger partial charge in [-0.2, -0.15) is 5.10 Å². The predicted molar refractivity (Wildman–Crippen MR) is 118 cm³/mol. The van der Waals surface area contributed by atoms with Crippen LogP contribution in [-0.4, -0.2) is 59.5 Å². The molecule has 1 aliphatic rings. The number of benzene rings is 2. The Kier molecular flexibility index (Phi) is 6.50. The number of carbonyl (C=O) groups is 2.